The number of amidine groups is 1. The molecule has 0 bridgehead atoms. The highest BCUT2D eigenvalue weighted by Crippen LogP contribution is 2.32. The van der Waals surface area contributed by atoms with Crippen molar-refractivity contribution < 1.29 is 24.3 Å². The molecular formula is C40H46Br2Cl3N7O5. The molecule has 6 amide bonds. The van der Waals surface area contributed by atoms with Crippen LogP contribution in [0.4, 0.5) is 9.59 Å². The molecule has 306 valence electrons. The van der Waals surface area contributed by atoms with Gasteiger partial charge < -0.3 is 19.8 Å². The number of rotatable bonds is 7. The molecule has 17 heteroatoms. The highest BCUT2D eigenvalue weighted by Gasteiger charge is 2.50. The molecule has 12 nitrogen and oxygen atoms in total. The lowest BCUT2D eigenvalue weighted by molar-refractivity contribution is -0.136. The van der Waals surface area contributed by atoms with Crippen LogP contribution in [0.25, 0.3) is 0 Å². The Hall–Kier alpha value is -3.53. The molecule has 0 aromatic heterocycles. The van der Waals surface area contributed by atoms with E-state index in [-0.39, 0.29) is 42.6 Å². The molecule has 57 heavy (non-hydrogen) atoms. The summed E-state index contributed by atoms with van der Waals surface area (Å²) in [6, 6.07) is 22.0. The zero-order valence-electron chi connectivity index (χ0n) is 32.3. The van der Waals surface area contributed by atoms with Gasteiger partial charge >= 0.3 is 12.1 Å². The summed E-state index contributed by atoms with van der Waals surface area (Å²) >= 11 is 23.9. The number of benzene rings is 3. The first-order valence-electron chi connectivity index (χ1n) is 18.2. The predicted molar refractivity (Wildman–Crippen MR) is 234 cm³/mol. The Kier molecular flexibility index (Phi) is 17.4. The van der Waals surface area contributed by atoms with E-state index in [1.54, 1.807) is 14.1 Å². The Morgan fingerprint density at radius 1 is 0.649 bits per heavy atom. The first-order chi connectivity index (χ1) is 27.1. The fraction of sp³-hybridized carbons (Fsp3) is 0.400. The van der Waals surface area contributed by atoms with Gasteiger partial charge in [-0.15, -0.1) is 0 Å². The summed E-state index contributed by atoms with van der Waals surface area (Å²) in [6.07, 6.45) is 3.59. The molecule has 0 aliphatic carbocycles. The van der Waals surface area contributed by atoms with Crippen LogP contribution in [0.5, 0.6) is 0 Å². The van der Waals surface area contributed by atoms with Crippen LogP contribution in [-0.4, -0.2) is 123 Å². The Bertz CT molecular complexity index is 1890. The van der Waals surface area contributed by atoms with Crippen LogP contribution in [0.2, 0.25) is 15.1 Å². The number of aliphatic hydroxyl groups is 1. The third-order valence-electron chi connectivity index (χ3n) is 9.64. The number of likely N-dealkylation sites (N-methyl/N-ethyl adjacent to an activating group) is 2. The molecule has 4 aliphatic rings. The lowest BCUT2D eigenvalue weighted by Gasteiger charge is -2.39. The third kappa shape index (κ3) is 12.0. The van der Waals surface area contributed by atoms with E-state index in [0.717, 1.165) is 48.4 Å². The largest absolute Gasteiger partial charge is 0.396 e. The highest BCUT2D eigenvalue weighted by atomic mass is 79.9. The van der Waals surface area contributed by atoms with Crippen molar-refractivity contribution in [2.24, 2.45) is 15.9 Å². The van der Waals surface area contributed by atoms with Gasteiger partial charge in [0.15, 0.2) is 17.0 Å². The summed E-state index contributed by atoms with van der Waals surface area (Å²) in [5, 5.41) is 10.8. The molecule has 0 saturated carbocycles. The Morgan fingerprint density at radius 3 is 1.56 bits per heavy atom. The zero-order valence-corrected chi connectivity index (χ0v) is 37.7. The molecule has 1 N–H and O–H groups in total. The molecule has 7 rings (SSSR count). The maximum Gasteiger partial charge on any atom is 0.328 e. The number of aliphatic hydroxyl groups excluding tert-OH is 1. The Morgan fingerprint density at radius 2 is 1.09 bits per heavy atom. The second-order valence-corrected chi connectivity index (χ2v) is 16.5. The minimum atomic E-state index is -0.482. The maximum atomic E-state index is 12.5. The molecule has 4 heterocycles. The summed E-state index contributed by atoms with van der Waals surface area (Å²) < 4.78 is 1.36. The predicted octanol–water partition coefficient (Wildman–Crippen LogP) is 7.98. The number of imide groups is 2. The van der Waals surface area contributed by atoms with Gasteiger partial charge in [0.1, 0.15) is 6.17 Å². The van der Waals surface area contributed by atoms with Gasteiger partial charge in [0.25, 0.3) is 5.91 Å². The molecular weight excluding hydrogens is 925 g/mol. The van der Waals surface area contributed by atoms with E-state index < -0.39 is 12.2 Å². The van der Waals surface area contributed by atoms with Crippen LogP contribution in [0.1, 0.15) is 36.5 Å². The van der Waals surface area contributed by atoms with E-state index in [1.807, 2.05) is 65.6 Å². The first-order valence-corrected chi connectivity index (χ1v) is 20.9. The number of carbonyl (C=O) groups excluding carboxylic acids is 4. The molecule has 0 radical (unpaired) electrons. The fourth-order valence-corrected chi connectivity index (χ4v) is 7.96. The van der Waals surface area contributed by atoms with Gasteiger partial charge in [-0.25, -0.2) is 14.6 Å². The fourth-order valence-electron chi connectivity index (χ4n) is 6.42. The number of hydrogen-bond acceptors (Lipinski definition) is 8. The number of amides is 6. The number of aliphatic imine (C=N–C) groups is 2. The number of hydrogen-bond donors (Lipinski definition) is 1. The van der Waals surface area contributed by atoms with Crippen LogP contribution in [0.15, 0.2) is 82.8 Å². The van der Waals surface area contributed by atoms with Gasteiger partial charge in [0.05, 0.1) is 10.5 Å². The first kappa shape index (κ1) is 46.2. The Labute approximate surface area is 365 Å². The van der Waals surface area contributed by atoms with E-state index in [4.69, 9.17) is 39.9 Å². The van der Waals surface area contributed by atoms with E-state index in [2.05, 4.69) is 60.9 Å². The molecule has 4 atom stereocenters. The molecule has 3 aromatic rings. The standard InChI is InChI=1S/C15H16BrClN4O2.C9H11Cl.C8H10BrN3O2.C8H9ClO/c1-19-12-11(13(22)20(2)15(19)23)21(14(16)18-12)8-7-9-3-5-10(17)6-4-9;1-2-3-8-4-6-9(10)7-5-8;1-11-6-4(3-5(9)10-6)7(13)12(2)8(11)14;9-8-3-1-7(2-4-8)5-6-10/h3-6,11-12H,7-8H2,1-2H3;4-7H,2-3H2,1H3;4,6H,3H2,1-2H3;1-4,10H,5-6H2. The van der Waals surface area contributed by atoms with Crippen molar-refractivity contribution in [1.82, 2.24) is 24.5 Å². The van der Waals surface area contributed by atoms with Crippen LogP contribution >= 0.6 is 66.7 Å². The monoisotopic (exact) mass is 967 g/mol. The minimum absolute atomic E-state index is 0.142. The highest BCUT2D eigenvalue weighted by molar-refractivity contribution is 9.18. The second-order valence-electron chi connectivity index (χ2n) is 13.6. The van der Waals surface area contributed by atoms with Gasteiger partial charge in [-0.05, 0) is 104 Å². The number of halogens is 5. The van der Waals surface area contributed by atoms with Crippen molar-refractivity contribution in [2.45, 2.75) is 57.4 Å². The normalized spacial score (nSPS) is 21.1. The average molecular weight is 971 g/mol. The lowest BCUT2D eigenvalue weighted by Crippen LogP contribution is -2.63. The molecule has 2 fully saturated rings. The van der Waals surface area contributed by atoms with Crippen molar-refractivity contribution in [1.29, 1.82) is 0 Å². The second kappa shape index (κ2) is 21.5. The van der Waals surface area contributed by atoms with Crippen molar-refractivity contribution >= 4 is 99.9 Å². The number of carbonyl (C=O) groups is 4. The summed E-state index contributed by atoms with van der Waals surface area (Å²) in [5.41, 5.74) is 3.61. The number of nitrogens with zero attached hydrogens (tertiary/aromatic N) is 7. The lowest BCUT2D eigenvalue weighted by atomic mass is 10.0. The van der Waals surface area contributed by atoms with Gasteiger partial charge in [-0.3, -0.25) is 24.4 Å². The van der Waals surface area contributed by atoms with Crippen LogP contribution in [-0.2, 0) is 28.9 Å². The summed E-state index contributed by atoms with van der Waals surface area (Å²) in [7, 11) is 6.33. The molecule has 0 spiro atoms. The molecule has 2 saturated heterocycles. The number of fused-ring (bicyclic) bond motifs is 2. The van der Waals surface area contributed by atoms with Gasteiger partial charge in [-0.1, -0.05) is 84.5 Å². The topological polar surface area (TPSA) is 129 Å². The maximum absolute atomic E-state index is 12.5. The average Bonchev–Trinajstić information content (AvgIpc) is 3.76. The van der Waals surface area contributed by atoms with E-state index in [0.29, 0.717) is 29.2 Å². The van der Waals surface area contributed by atoms with E-state index >= 15 is 0 Å². The summed E-state index contributed by atoms with van der Waals surface area (Å²) in [4.78, 5) is 63.6. The molecule has 3 aromatic carbocycles. The minimum Gasteiger partial charge on any atom is -0.396 e. The third-order valence-corrected chi connectivity index (χ3v) is 11.6. The Balaban J connectivity index is 0.000000181. The van der Waals surface area contributed by atoms with Gasteiger partial charge in [-0.2, -0.15) is 0 Å². The summed E-state index contributed by atoms with van der Waals surface area (Å²) in [6.45, 7) is 2.99. The van der Waals surface area contributed by atoms with Crippen LogP contribution in [0.3, 0.4) is 0 Å². The smallest absolute Gasteiger partial charge is 0.328 e. The van der Waals surface area contributed by atoms with Crippen molar-refractivity contribution in [3.8, 4) is 0 Å². The summed E-state index contributed by atoms with van der Waals surface area (Å²) in [5.74, 6) is -0.583. The van der Waals surface area contributed by atoms with Gasteiger partial charge in [0, 0.05) is 62.8 Å². The van der Waals surface area contributed by atoms with Crippen molar-refractivity contribution in [2.75, 3.05) is 41.3 Å². The van der Waals surface area contributed by atoms with Crippen molar-refractivity contribution in [3.05, 3.63) is 105 Å². The SMILES string of the molecule is CCCc1ccc(Cl)cc1.CN1C(=O)C2C(N=C(Br)N2CCc2ccc(Cl)cc2)N(C)C1=O.CN1C(=O)C2CC(Br)=NC2N(C)C1=O.OCCc1ccc(Cl)cc1. The molecule has 4 unspecified atom stereocenters. The zero-order chi connectivity index (χ0) is 42.0. The van der Waals surface area contributed by atoms with E-state index in [1.165, 1.54) is 35.9 Å². The quantitative estimate of drug-likeness (QED) is 0.239. The number of aryl methyl sites for hydroxylation is 1. The van der Waals surface area contributed by atoms with Crippen LogP contribution < -0.4 is 0 Å². The number of urea groups is 2. The van der Waals surface area contributed by atoms with Gasteiger partial charge in [0.2, 0.25) is 5.91 Å². The van der Waals surface area contributed by atoms with E-state index in [9.17, 15) is 19.2 Å². The van der Waals surface area contributed by atoms with Crippen LogP contribution in [0, 0.1) is 5.92 Å². The van der Waals surface area contributed by atoms with Crippen molar-refractivity contribution in [3.63, 3.8) is 0 Å². The molecule has 4 aliphatic heterocycles.